The normalized spacial score (nSPS) is 12.1. The molecule has 1 unspecified atom stereocenters. The number of benzene rings is 1. The number of anilines is 1. The molecular weight excluding hydrogens is 242 g/mol. The molecule has 1 rings (SSSR count). The van der Waals surface area contributed by atoms with Crippen molar-refractivity contribution >= 4 is 5.69 Å². The fraction of sp³-hybridized carbons (Fsp3) is 0.600. The summed E-state index contributed by atoms with van der Waals surface area (Å²) in [5, 5.41) is 12.6. The van der Waals surface area contributed by atoms with Crippen molar-refractivity contribution in [2.45, 2.75) is 27.2 Å². The summed E-state index contributed by atoms with van der Waals surface area (Å²) in [7, 11) is 3.34. The van der Waals surface area contributed by atoms with Crippen LogP contribution in [0.25, 0.3) is 0 Å². The van der Waals surface area contributed by atoms with E-state index in [1.54, 1.807) is 14.2 Å². The molecule has 0 saturated carbocycles. The minimum absolute atomic E-state index is 0.188. The molecule has 0 aliphatic heterocycles. The van der Waals surface area contributed by atoms with Crippen molar-refractivity contribution in [1.29, 1.82) is 0 Å². The number of hydrogen-bond acceptors (Lipinski definition) is 4. The number of aliphatic hydroxyl groups excluding tert-OH is 1. The number of rotatable bonds is 7. The fourth-order valence-electron chi connectivity index (χ4n) is 2.06. The van der Waals surface area contributed by atoms with Gasteiger partial charge >= 0.3 is 0 Å². The van der Waals surface area contributed by atoms with Crippen LogP contribution in [0.15, 0.2) is 6.07 Å². The molecule has 0 saturated heterocycles. The minimum atomic E-state index is 0.188. The van der Waals surface area contributed by atoms with Gasteiger partial charge in [0.2, 0.25) is 0 Å². The standard InChI is InChI=1S/C15H25NO3/c1-6-12(9-17)8-16-13-7-14(18-4)10(2)11(3)15(13)19-5/h7,12,16-17H,6,8-9H2,1-5H3. The molecule has 0 fully saturated rings. The van der Waals surface area contributed by atoms with E-state index in [1.165, 1.54) is 0 Å². The maximum atomic E-state index is 9.23. The van der Waals surface area contributed by atoms with Crippen molar-refractivity contribution in [2.75, 3.05) is 32.7 Å². The van der Waals surface area contributed by atoms with E-state index in [1.807, 2.05) is 19.9 Å². The third-order valence-electron chi connectivity index (χ3n) is 3.63. The number of hydrogen-bond donors (Lipinski definition) is 2. The van der Waals surface area contributed by atoms with Crippen molar-refractivity contribution in [3.63, 3.8) is 0 Å². The Morgan fingerprint density at radius 3 is 2.37 bits per heavy atom. The van der Waals surface area contributed by atoms with Crippen LogP contribution in [-0.4, -0.2) is 32.5 Å². The first-order chi connectivity index (χ1) is 9.08. The molecule has 2 N–H and O–H groups in total. The smallest absolute Gasteiger partial charge is 0.145 e. The zero-order valence-corrected chi connectivity index (χ0v) is 12.5. The Labute approximate surface area is 115 Å². The van der Waals surface area contributed by atoms with E-state index in [2.05, 4.69) is 12.2 Å². The van der Waals surface area contributed by atoms with Gasteiger partial charge in [-0.3, -0.25) is 0 Å². The van der Waals surface area contributed by atoms with Gasteiger partial charge in [0.15, 0.2) is 0 Å². The van der Waals surface area contributed by atoms with Crippen LogP contribution in [0.5, 0.6) is 11.5 Å². The van der Waals surface area contributed by atoms with Crippen molar-refractivity contribution in [1.82, 2.24) is 0 Å². The fourth-order valence-corrected chi connectivity index (χ4v) is 2.06. The molecule has 0 heterocycles. The van der Waals surface area contributed by atoms with E-state index in [-0.39, 0.29) is 12.5 Å². The second kappa shape index (κ2) is 7.24. The maximum Gasteiger partial charge on any atom is 0.145 e. The Kier molecular flexibility index (Phi) is 5.96. The van der Waals surface area contributed by atoms with Gasteiger partial charge in [0.1, 0.15) is 11.5 Å². The number of aliphatic hydroxyl groups is 1. The van der Waals surface area contributed by atoms with E-state index in [0.717, 1.165) is 41.3 Å². The lowest BCUT2D eigenvalue weighted by atomic mass is 10.0. The summed E-state index contributed by atoms with van der Waals surface area (Å²) in [6, 6.07) is 1.95. The molecule has 1 aromatic carbocycles. The van der Waals surface area contributed by atoms with Crippen molar-refractivity contribution in [3.8, 4) is 11.5 Å². The highest BCUT2D eigenvalue weighted by atomic mass is 16.5. The van der Waals surface area contributed by atoms with Gasteiger partial charge in [0.05, 0.1) is 19.9 Å². The molecule has 0 amide bonds. The largest absolute Gasteiger partial charge is 0.496 e. The lowest BCUT2D eigenvalue weighted by molar-refractivity contribution is 0.230. The van der Waals surface area contributed by atoms with E-state index < -0.39 is 0 Å². The van der Waals surface area contributed by atoms with Gasteiger partial charge < -0.3 is 19.9 Å². The molecular formula is C15H25NO3. The Balaban J connectivity index is 3.01. The number of ether oxygens (including phenoxy) is 2. The van der Waals surface area contributed by atoms with Gasteiger partial charge in [0.25, 0.3) is 0 Å². The van der Waals surface area contributed by atoms with Crippen molar-refractivity contribution < 1.29 is 14.6 Å². The summed E-state index contributed by atoms with van der Waals surface area (Å²) in [4.78, 5) is 0. The number of methoxy groups -OCH3 is 2. The molecule has 19 heavy (non-hydrogen) atoms. The van der Waals surface area contributed by atoms with E-state index in [0.29, 0.717) is 0 Å². The minimum Gasteiger partial charge on any atom is -0.496 e. The zero-order chi connectivity index (χ0) is 14.4. The predicted molar refractivity (Wildman–Crippen MR) is 78.4 cm³/mol. The van der Waals surface area contributed by atoms with Crippen LogP contribution < -0.4 is 14.8 Å². The Bertz CT molecular complexity index is 414. The molecule has 0 spiro atoms. The first-order valence-corrected chi connectivity index (χ1v) is 6.65. The van der Waals surface area contributed by atoms with Crippen molar-refractivity contribution in [2.24, 2.45) is 5.92 Å². The van der Waals surface area contributed by atoms with Gasteiger partial charge in [0, 0.05) is 19.2 Å². The summed E-state index contributed by atoms with van der Waals surface area (Å²) in [5.41, 5.74) is 3.06. The van der Waals surface area contributed by atoms with Crippen LogP contribution in [0.2, 0.25) is 0 Å². The van der Waals surface area contributed by atoms with Gasteiger partial charge in [-0.05, 0) is 37.3 Å². The highest BCUT2D eigenvalue weighted by Crippen LogP contribution is 2.37. The van der Waals surface area contributed by atoms with Gasteiger partial charge in [-0.15, -0.1) is 0 Å². The molecule has 4 nitrogen and oxygen atoms in total. The predicted octanol–water partition coefficient (Wildman–Crippen LogP) is 2.75. The highest BCUT2D eigenvalue weighted by Gasteiger charge is 2.14. The first-order valence-electron chi connectivity index (χ1n) is 6.65. The summed E-state index contributed by atoms with van der Waals surface area (Å²) >= 11 is 0. The average molecular weight is 267 g/mol. The molecule has 1 atom stereocenters. The summed E-state index contributed by atoms with van der Waals surface area (Å²) in [6.45, 7) is 7.01. The second-order valence-electron chi connectivity index (χ2n) is 4.75. The van der Waals surface area contributed by atoms with Crippen LogP contribution >= 0.6 is 0 Å². The van der Waals surface area contributed by atoms with Crippen LogP contribution in [0.3, 0.4) is 0 Å². The van der Waals surface area contributed by atoms with E-state index >= 15 is 0 Å². The Morgan fingerprint density at radius 2 is 1.89 bits per heavy atom. The molecule has 0 aliphatic carbocycles. The highest BCUT2D eigenvalue weighted by molar-refractivity contribution is 5.66. The Hall–Kier alpha value is -1.42. The maximum absolute atomic E-state index is 9.23. The molecule has 0 aliphatic rings. The van der Waals surface area contributed by atoms with Crippen molar-refractivity contribution in [3.05, 3.63) is 17.2 Å². The molecule has 1 aromatic rings. The lowest BCUT2D eigenvalue weighted by Gasteiger charge is -2.20. The van der Waals surface area contributed by atoms with Crippen LogP contribution in [0.4, 0.5) is 5.69 Å². The molecule has 0 radical (unpaired) electrons. The number of nitrogens with one attached hydrogen (secondary N) is 1. The molecule has 0 aromatic heterocycles. The van der Waals surface area contributed by atoms with E-state index in [4.69, 9.17) is 9.47 Å². The molecule has 4 heteroatoms. The quantitative estimate of drug-likeness (QED) is 0.797. The average Bonchev–Trinajstić information content (AvgIpc) is 2.43. The lowest BCUT2D eigenvalue weighted by Crippen LogP contribution is -2.17. The topological polar surface area (TPSA) is 50.7 Å². The Morgan fingerprint density at radius 1 is 1.21 bits per heavy atom. The summed E-state index contributed by atoms with van der Waals surface area (Å²) in [5.74, 6) is 1.93. The van der Waals surface area contributed by atoms with Crippen LogP contribution in [0, 0.1) is 19.8 Å². The third-order valence-corrected chi connectivity index (χ3v) is 3.63. The monoisotopic (exact) mass is 267 g/mol. The van der Waals surface area contributed by atoms with Gasteiger partial charge in [-0.2, -0.15) is 0 Å². The van der Waals surface area contributed by atoms with E-state index in [9.17, 15) is 5.11 Å². The summed E-state index contributed by atoms with van der Waals surface area (Å²) in [6.07, 6.45) is 0.938. The molecule has 108 valence electrons. The summed E-state index contributed by atoms with van der Waals surface area (Å²) < 4.78 is 10.9. The van der Waals surface area contributed by atoms with Crippen LogP contribution in [0.1, 0.15) is 24.5 Å². The zero-order valence-electron chi connectivity index (χ0n) is 12.5. The molecule has 0 bridgehead atoms. The van der Waals surface area contributed by atoms with Gasteiger partial charge in [-0.1, -0.05) is 6.92 Å². The van der Waals surface area contributed by atoms with Gasteiger partial charge in [-0.25, -0.2) is 0 Å². The SMILES string of the molecule is CCC(CO)CNc1cc(OC)c(C)c(C)c1OC. The third kappa shape index (κ3) is 3.53. The first kappa shape index (κ1) is 15.6. The second-order valence-corrected chi connectivity index (χ2v) is 4.75. The van der Waals surface area contributed by atoms with Crippen LogP contribution in [-0.2, 0) is 0 Å².